The molecule has 0 saturated heterocycles. The molecule has 0 spiro atoms. The molecule has 0 saturated carbocycles. The van der Waals surface area contributed by atoms with E-state index in [4.69, 9.17) is 0 Å². The summed E-state index contributed by atoms with van der Waals surface area (Å²) in [6.45, 7) is 2.87. The van der Waals surface area contributed by atoms with Crippen LogP contribution in [0.25, 0.3) is 10.9 Å². The van der Waals surface area contributed by atoms with Gasteiger partial charge in [0.15, 0.2) is 0 Å². The summed E-state index contributed by atoms with van der Waals surface area (Å²) in [5.74, 6) is 1.48. The van der Waals surface area contributed by atoms with E-state index in [0.717, 1.165) is 23.3 Å². The smallest absolute Gasteiger partial charge is 0.224 e. The lowest BCUT2D eigenvalue weighted by Gasteiger charge is -2.11. The Bertz CT molecular complexity index is 768. The molecule has 0 aliphatic carbocycles. The highest BCUT2D eigenvalue weighted by atomic mass is 15.1. The molecule has 3 rings (SSSR count). The van der Waals surface area contributed by atoms with Crippen LogP contribution in [0, 0.1) is 6.92 Å². The van der Waals surface area contributed by atoms with Gasteiger partial charge in [0, 0.05) is 19.0 Å². The molecule has 4 nitrogen and oxygen atoms in total. The first-order valence-corrected chi connectivity index (χ1v) is 7.01. The first kappa shape index (κ1) is 13.4. The van der Waals surface area contributed by atoms with Gasteiger partial charge in [-0.05, 0) is 30.2 Å². The van der Waals surface area contributed by atoms with Crippen LogP contribution in [0.5, 0.6) is 0 Å². The first-order valence-electron chi connectivity index (χ1n) is 7.01. The van der Waals surface area contributed by atoms with Gasteiger partial charge in [-0.2, -0.15) is 4.98 Å². The molecule has 3 aromatic rings. The zero-order valence-electron chi connectivity index (χ0n) is 12.2. The molecule has 4 heteroatoms. The first-order chi connectivity index (χ1) is 10.3. The Balaban J connectivity index is 1.94. The third kappa shape index (κ3) is 2.79. The molecular weight excluding hydrogens is 260 g/mol. The number of anilines is 2. The minimum absolute atomic E-state index is 0.626. The van der Waals surface area contributed by atoms with Crippen molar-refractivity contribution < 1.29 is 0 Å². The minimum atomic E-state index is 0.626. The van der Waals surface area contributed by atoms with Crippen molar-refractivity contribution in [3.63, 3.8) is 0 Å². The quantitative estimate of drug-likeness (QED) is 0.765. The van der Waals surface area contributed by atoms with Crippen molar-refractivity contribution in [2.75, 3.05) is 17.7 Å². The number of nitrogens with one attached hydrogen (secondary N) is 2. The van der Waals surface area contributed by atoms with Crippen molar-refractivity contribution >= 4 is 22.7 Å². The highest BCUT2D eigenvalue weighted by molar-refractivity contribution is 5.89. The molecule has 0 aliphatic rings. The van der Waals surface area contributed by atoms with Crippen molar-refractivity contribution in [1.29, 1.82) is 0 Å². The standard InChI is InChI=1S/C17H18N4/c1-12-7-3-4-8-13(12)11-19-16-14-9-5-6-10-15(14)20-17(18-2)21-16/h3-10H,11H2,1-2H3,(H2,18,19,20,21). The van der Waals surface area contributed by atoms with Gasteiger partial charge in [0.05, 0.1) is 5.52 Å². The zero-order valence-corrected chi connectivity index (χ0v) is 12.2. The molecule has 2 aromatic carbocycles. The monoisotopic (exact) mass is 278 g/mol. The second-order valence-corrected chi connectivity index (χ2v) is 4.94. The minimum Gasteiger partial charge on any atom is -0.365 e. The predicted molar refractivity (Wildman–Crippen MR) is 87.6 cm³/mol. The number of nitrogens with zero attached hydrogens (tertiary/aromatic N) is 2. The number of hydrogen-bond donors (Lipinski definition) is 2. The normalized spacial score (nSPS) is 10.6. The molecule has 0 unspecified atom stereocenters. The molecular formula is C17H18N4. The van der Waals surface area contributed by atoms with Gasteiger partial charge in [-0.1, -0.05) is 36.4 Å². The van der Waals surface area contributed by atoms with E-state index in [1.165, 1.54) is 11.1 Å². The lowest BCUT2D eigenvalue weighted by atomic mass is 10.1. The van der Waals surface area contributed by atoms with E-state index in [2.05, 4.69) is 51.8 Å². The van der Waals surface area contributed by atoms with Gasteiger partial charge in [-0.25, -0.2) is 4.98 Å². The summed E-state index contributed by atoms with van der Waals surface area (Å²) in [7, 11) is 1.83. The van der Waals surface area contributed by atoms with Gasteiger partial charge in [0.25, 0.3) is 0 Å². The highest BCUT2D eigenvalue weighted by Crippen LogP contribution is 2.22. The Kier molecular flexibility index (Phi) is 3.69. The third-order valence-corrected chi connectivity index (χ3v) is 3.53. The lowest BCUT2D eigenvalue weighted by molar-refractivity contribution is 1.08. The van der Waals surface area contributed by atoms with Crippen molar-refractivity contribution in [1.82, 2.24) is 9.97 Å². The van der Waals surface area contributed by atoms with Crippen LogP contribution < -0.4 is 10.6 Å². The van der Waals surface area contributed by atoms with Gasteiger partial charge >= 0.3 is 0 Å². The maximum atomic E-state index is 4.53. The largest absolute Gasteiger partial charge is 0.365 e. The van der Waals surface area contributed by atoms with E-state index in [9.17, 15) is 0 Å². The number of benzene rings is 2. The SMILES string of the molecule is CNc1nc(NCc2ccccc2C)c2ccccc2n1. The highest BCUT2D eigenvalue weighted by Gasteiger charge is 2.06. The van der Waals surface area contributed by atoms with Gasteiger partial charge in [0.2, 0.25) is 5.95 Å². The summed E-state index contributed by atoms with van der Waals surface area (Å²) in [4.78, 5) is 9.00. The molecule has 1 aromatic heterocycles. The summed E-state index contributed by atoms with van der Waals surface area (Å²) < 4.78 is 0. The summed E-state index contributed by atoms with van der Waals surface area (Å²) in [5, 5.41) is 7.47. The van der Waals surface area contributed by atoms with E-state index in [1.807, 2.05) is 31.3 Å². The van der Waals surface area contributed by atoms with Crippen LogP contribution in [0.3, 0.4) is 0 Å². The Labute approximate surface area is 124 Å². The van der Waals surface area contributed by atoms with E-state index in [1.54, 1.807) is 0 Å². The number of rotatable bonds is 4. The third-order valence-electron chi connectivity index (χ3n) is 3.53. The maximum absolute atomic E-state index is 4.53. The van der Waals surface area contributed by atoms with Crippen molar-refractivity contribution in [3.8, 4) is 0 Å². The van der Waals surface area contributed by atoms with E-state index in [0.29, 0.717) is 5.95 Å². The topological polar surface area (TPSA) is 49.8 Å². The molecule has 0 radical (unpaired) electrons. The van der Waals surface area contributed by atoms with Gasteiger partial charge in [-0.3, -0.25) is 0 Å². The Hall–Kier alpha value is -2.62. The van der Waals surface area contributed by atoms with Gasteiger partial charge in [-0.15, -0.1) is 0 Å². The Morgan fingerprint density at radius 1 is 0.952 bits per heavy atom. The molecule has 0 bridgehead atoms. The summed E-state index contributed by atoms with van der Waals surface area (Å²) in [5.41, 5.74) is 3.48. The van der Waals surface area contributed by atoms with Crippen molar-refractivity contribution in [3.05, 3.63) is 59.7 Å². The van der Waals surface area contributed by atoms with Gasteiger partial charge < -0.3 is 10.6 Å². The summed E-state index contributed by atoms with van der Waals surface area (Å²) >= 11 is 0. The second-order valence-electron chi connectivity index (χ2n) is 4.94. The molecule has 1 heterocycles. The zero-order chi connectivity index (χ0) is 14.7. The molecule has 2 N–H and O–H groups in total. The fourth-order valence-electron chi connectivity index (χ4n) is 2.31. The van der Waals surface area contributed by atoms with Crippen molar-refractivity contribution in [2.24, 2.45) is 0 Å². The van der Waals surface area contributed by atoms with Crippen LogP contribution in [-0.2, 0) is 6.54 Å². The average Bonchev–Trinajstić information content (AvgIpc) is 2.53. The second kappa shape index (κ2) is 5.79. The Morgan fingerprint density at radius 3 is 2.52 bits per heavy atom. The number of aryl methyl sites for hydroxylation is 1. The van der Waals surface area contributed by atoms with E-state index < -0.39 is 0 Å². The fraction of sp³-hybridized carbons (Fsp3) is 0.176. The number of para-hydroxylation sites is 1. The number of aromatic nitrogens is 2. The lowest BCUT2D eigenvalue weighted by Crippen LogP contribution is -2.06. The van der Waals surface area contributed by atoms with Crippen LogP contribution >= 0.6 is 0 Å². The molecule has 0 aliphatic heterocycles. The predicted octanol–water partition coefficient (Wildman–Crippen LogP) is 3.59. The van der Waals surface area contributed by atoms with Crippen LogP contribution in [0.15, 0.2) is 48.5 Å². The molecule has 21 heavy (non-hydrogen) atoms. The summed E-state index contributed by atoms with van der Waals surface area (Å²) in [6.07, 6.45) is 0. The van der Waals surface area contributed by atoms with Crippen LogP contribution in [0.4, 0.5) is 11.8 Å². The van der Waals surface area contributed by atoms with Crippen molar-refractivity contribution in [2.45, 2.75) is 13.5 Å². The van der Waals surface area contributed by atoms with Gasteiger partial charge in [0.1, 0.15) is 5.82 Å². The fourth-order valence-corrected chi connectivity index (χ4v) is 2.31. The van der Waals surface area contributed by atoms with Crippen LogP contribution in [0.1, 0.15) is 11.1 Å². The molecule has 0 fully saturated rings. The van der Waals surface area contributed by atoms with E-state index in [-0.39, 0.29) is 0 Å². The molecule has 0 atom stereocenters. The van der Waals surface area contributed by atoms with Crippen LogP contribution in [0.2, 0.25) is 0 Å². The molecule has 0 amide bonds. The van der Waals surface area contributed by atoms with Crippen LogP contribution in [-0.4, -0.2) is 17.0 Å². The summed E-state index contributed by atoms with van der Waals surface area (Å²) in [6, 6.07) is 16.4. The Morgan fingerprint density at radius 2 is 1.71 bits per heavy atom. The molecule has 106 valence electrons. The maximum Gasteiger partial charge on any atom is 0.224 e. The number of fused-ring (bicyclic) bond motifs is 1. The average molecular weight is 278 g/mol. The number of hydrogen-bond acceptors (Lipinski definition) is 4. The van der Waals surface area contributed by atoms with E-state index >= 15 is 0 Å².